The summed E-state index contributed by atoms with van der Waals surface area (Å²) in [7, 11) is -3.79. The second-order valence-corrected chi connectivity index (χ2v) is 9.63. The molecule has 3 aromatic carbocycles. The molecular weight excluding hydrogens is 476 g/mol. The molecule has 0 bridgehead atoms. The van der Waals surface area contributed by atoms with Crippen molar-refractivity contribution in [2.24, 2.45) is 5.73 Å². The average molecular weight is 494 g/mol. The Morgan fingerprint density at radius 2 is 1.76 bits per heavy atom. The highest BCUT2D eigenvalue weighted by Gasteiger charge is 2.17. The number of primary amides is 1. The van der Waals surface area contributed by atoms with Crippen molar-refractivity contribution in [3.8, 4) is 11.1 Å². The number of rotatable bonds is 6. The summed E-state index contributed by atoms with van der Waals surface area (Å²) in [4.78, 5) is 11.5. The molecule has 3 N–H and O–H groups in total. The number of nitrogens with two attached hydrogens (primary N) is 1. The number of nitrogens with one attached hydrogen (secondary N) is 1. The molecule has 3 aromatic rings. The summed E-state index contributed by atoms with van der Waals surface area (Å²) in [6.07, 6.45) is 0.0669. The van der Waals surface area contributed by atoms with Gasteiger partial charge in [0.05, 0.1) is 17.0 Å². The Balaban J connectivity index is 2.06. The van der Waals surface area contributed by atoms with E-state index in [9.17, 15) is 13.2 Å². The van der Waals surface area contributed by atoms with Crippen LogP contribution in [0.5, 0.6) is 0 Å². The van der Waals surface area contributed by atoms with E-state index in [0.717, 1.165) is 10.0 Å². The zero-order valence-corrected chi connectivity index (χ0v) is 18.6. The third-order valence-electron chi connectivity index (χ3n) is 4.20. The Kier molecular flexibility index (Phi) is 6.31. The summed E-state index contributed by atoms with van der Waals surface area (Å²) in [5, 5.41) is 0.453. The Labute approximate surface area is 183 Å². The molecule has 5 nitrogen and oxygen atoms in total. The third-order valence-corrected chi connectivity index (χ3v) is 6.28. The number of amides is 1. The van der Waals surface area contributed by atoms with E-state index < -0.39 is 15.9 Å². The summed E-state index contributed by atoms with van der Waals surface area (Å²) in [5.41, 5.74) is 8.63. The third kappa shape index (κ3) is 5.38. The SMILES string of the molecule is Cc1ccc(S(=O)(=O)Nc2ccc(Cl)cc2-c2cc(Br)cc(CC(N)=O)c2)cc1. The molecule has 0 unspecified atom stereocenters. The summed E-state index contributed by atoms with van der Waals surface area (Å²) < 4.78 is 29.1. The van der Waals surface area contributed by atoms with E-state index in [4.69, 9.17) is 17.3 Å². The number of hydrogen-bond donors (Lipinski definition) is 2. The standard InChI is InChI=1S/C21H18BrClN2O3S/c1-13-2-5-18(6-3-13)29(27,28)25-20-7-4-17(23)12-19(20)15-8-14(10-21(24)26)9-16(22)11-15/h2-9,11-12,25H,10H2,1H3,(H2,24,26). The fourth-order valence-electron chi connectivity index (χ4n) is 2.87. The number of carbonyl (C=O) groups is 1. The maximum atomic E-state index is 12.8. The quantitative estimate of drug-likeness (QED) is 0.511. The molecule has 29 heavy (non-hydrogen) atoms. The number of carbonyl (C=O) groups excluding carboxylic acids is 1. The lowest BCUT2D eigenvalue weighted by atomic mass is 10.0. The van der Waals surface area contributed by atoms with Crippen LogP contribution in [0.15, 0.2) is 70.0 Å². The lowest BCUT2D eigenvalue weighted by Gasteiger charge is -2.15. The Morgan fingerprint density at radius 3 is 2.41 bits per heavy atom. The van der Waals surface area contributed by atoms with Crippen LogP contribution in [0.2, 0.25) is 5.02 Å². The predicted molar refractivity (Wildman–Crippen MR) is 119 cm³/mol. The Bertz CT molecular complexity index is 1180. The minimum atomic E-state index is -3.79. The van der Waals surface area contributed by atoms with Crippen LogP contribution in [0, 0.1) is 6.92 Å². The molecule has 0 atom stereocenters. The second kappa shape index (κ2) is 8.57. The van der Waals surface area contributed by atoms with Gasteiger partial charge in [0.25, 0.3) is 10.0 Å². The Morgan fingerprint density at radius 1 is 1.07 bits per heavy atom. The van der Waals surface area contributed by atoms with Crippen molar-refractivity contribution in [3.05, 3.63) is 81.3 Å². The number of hydrogen-bond acceptors (Lipinski definition) is 3. The highest BCUT2D eigenvalue weighted by atomic mass is 79.9. The monoisotopic (exact) mass is 492 g/mol. The lowest BCUT2D eigenvalue weighted by Crippen LogP contribution is -2.14. The van der Waals surface area contributed by atoms with Crippen LogP contribution in [0.4, 0.5) is 5.69 Å². The molecule has 0 aliphatic rings. The van der Waals surface area contributed by atoms with Gasteiger partial charge in [-0.05, 0) is 60.5 Å². The van der Waals surface area contributed by atoms with Gasteiger partial charge in [0.1, 0.15) is 0 Å². The molecule has 0 fully saturated rings. The molecule has 0 saturated carbocycles. The van der Waals surface area contributed by atoms with Crippen molar-refractivity contribution in [3.63, 3.8) is 0 Å². The highest BCUT2D eigenvalue weighted by Crippen LogP contribution is 2.34. The van der Waals surface area contributed by atoms with Crippen LogP contribution in [-0.4, -0.2) is 14.3 Å². The van der Waals surface area contributed by atoms with Gasteiger partial charge in [-0.25, -0.2) is 8.42 Å². The van der Waals surface area contributed by atoms with E-state index in [1.54, 1.807) is 54.6 Å². The molecule has 0 heterocycles. The molecule has 150 valence electrons. The predicted octanol–water partition coefficient (Wildman–Crippen LogP) is 4.91. The molecular formula is C21H18BrClN2O3S. The van der Waals surface area contributed by atoms with Gasteiger partial charge < -0.3 is 5.73 Å². The van der Waals surface area contributed by atoms with E-state index in [-0.39, 0.29) is 11.3 Å². The topological polar surface area (TPSA) is 89.3 Å². The number of sulfonamides is 1. The first-order valence-electron chi connectivity index (χ1n) is 8.61. The smallest absolute Gasteiger partial charge is 0.261 e. The van der Waals surface area contributed by atoms with E-state index in [1.807, 2.05) is 13.0 Å². The summed E-state index contributed by atoms with van der Waals surface area (Å²) in [5.74, 6) is -0.458. The maximum absolute atomic E-state index is 12.8. The van der Waals surface area contributed by atoms with E-state index in [2.05, 4.69) is 20.7 Å². The normalized spacial score (nSPS) is 11.3. The molecule has 0 aliphatic carbocycles. The van der Waals surface area contributed by atoms with Crippen molar-refractivity contribution in [2.75, 3.05) is 4.72 Å². The van der Waals surface area contributed by atoms with Gasteiger partial charge in [0.15, 0.2) is 0 Å². The van der Waals surface area contributed by atoms with E-state index in [1.165, 1.54) is 0 Å². The molecule has 8 heteroatoms. The fourth-order valence-corrected chi connectivity index (χ4v) is 4.67. The van der Waals surface area contributed by atoms with Crippen molar-refractivity contribution < 1.29 is 13.2 Å². The van der Waals surface area contributed by atoms with Crippen LogP contribution in [0.3, 0.4) is 0 Å². The molecule has 0 aromatic heterocycles. The largest absolute Gasteiger partial charge is 0.369 e. The van der Waals surface area contributed by atoms with Crippen LogP contribution in [-0.2, 0) is 21.2 Å². The number of benzene rings is 3. The minimum Gasteiger partial charge on any atom is -0.369 e. The van der Waals surface area contributed by atoms with Crippen molar-refractivity contribution in [2.45, 2.75) is 18.2 Å². The molecule has 0 aliphatic heterocycles. The van der Waals surface area contributed by atoms with Crippen LogP contribution < -0.4 is 10.5 Å². The molecule has 3 rings (SSSR count). The van der Waals surface area contributed by atoms with Gasteiger partial charge >= 0.3 is 0 Å². The number of halogens is 2. The van der Waals surface area contributed by atoms with E-state index >= 15 is 0 Å². The fraction of sp³-hybridized carbons (Fsp3) is 0.0952. The minimum absolute atomic E-state index is 0.0669. The number of anilines is 1. The first-order valence-corrected chi connectivity index (χ1v) is 11.3. The summed E-state index contributed by atoms with van der Waals surface area (Å²) in [6, 6.07) is 16.9. The maximum Gasteiger partial charge on any atom is 0.261 e. The summed E-state index contributed by atoms with van der Waals surface area (Å²) >= 11 is 9.60. The van der Waals surface area contributed by atoms with Crippen molar-refractivity contribution in [1.29, 1.82) is 0 Å². The first kappa shape index (κ1) is 21.4. The Hall–Kier alpha value is -2.35. The van der Waals surface area contributed by atoms with Crippen LogP contribution in [0.1, 0.15) is 11.1 Å². The molecule has 0 radical (unpaired) electrons. The second-order valence-electron chi connectivity index (χ2n) is 6.60. The molecule has 1 amide bonds. The zero-order chi connectivity index (χ0) is 21.2. The van der Waals surface area contributed by atoms with E-state index in [0.29, 0.717) is 27.4 Å². The molecule has 0 spiro atoms. The van der Waals surface area contributed by atoms with Crippen molar-refractivity contribution >= 4 is 49.1 Å². The van der Waals surface area contributed by atoms with Crippen molar-refractivity contribution in [1.82, 2.24) is 0 Å². The van der Waals surface area contributed by atoms with Gasteiger partial charge in [-0.2, -0.15) is 0 Å². The lowest BCUT2D eigenvalue weighted by molar-refractivity contribution is -0.117. The summed E-state index contributed by atoms with van der Waals surface area (Å²) in [6.45, 7) is 1.89. The van der Waals surface area contributed by atoms with Gasteiger partial charge in [0.2, 0.25) is 5.91 Å². The molecule has 0 saturated heterocycles. The van der Waals surface area contributed by atoms with Crippen LogP contribution >= 0.6 is 27.5 Å². The van der Waals surface area contributed by atoms with Gasteiger partial charge in [-0.3, -0.25) is 9.52 Å². The highest BCUT2D eigenvalue weighted by molar-refractivity contribution is 9.10. The van der Waals surface area contributed by atoms with Gasteiger partial charge in [-0.1, -0.05) is 51.3 Å². The van der Waals surface area contributed by atoms with Gasteiger partial charge in [-0.15, -0.1) is 0 Å². The van der Waals surface area contributed by atoms with Gasteiger partial charge in [0, 0.05) is 15.1 Å². The van der Waals surface area contributed by atoms with Crippen LogP contribution in [0.25, 0.3) is 11.1 Å². The number of aryl methyl sites for hydroxylation is 1. The zero-order valence-electron chi connectivity index (χ0n) is 15.4. The average Bonchev–Trinajstić information content (AvgIpc) is 2.62. The first-order chi connectivity index (χ1) is 13.6.